The molecule has 3 heteroatoms. The Bertz CT molecular complexity index is 116. The minimum absolute atomic E-state index is 0. The molecule has 0 aromatic rings. The molecule has 1 rings (SSSR count). The quantitative estimate of drug-likeness (QED) is 0.697. The van der Waals surface area contributed by atoms with Crippen LogP contribution in [0.1, 0.15) is 45.4 Å². The summed E-state index contributed by atoms with van der Waals surface area (Å²) in [7, 11) is 0. The van der Waals surface area contributed by atoms with Crippen LogP contribution < -0.4 is 5.32 Å². The van der Waals surface area contributed by atoms with Crippen LogP contribution in [0.3, 0.4) is 0 Å². The van der Waals surface area contributed by atoms with E-state index in [1.165, 1.54) is 45.1 Å². The van der Waals surface area contributed by atoms with Crippen LogP contribution in [0, 0.1) is 0 Å². The Kier molecular flexibility index (Phi) is 9.90. The molecule has 86 valence electrons. The van der Waals surface area contributed by atoms with Crippen LogP contribution in [0.25, 0.3) is 0 Å². The fourth-order valence-corrected chi connectivity index (χ4v) is 1.74. The van der Waals surface area contributed by atoms with Crippen LogP contribution in [-0.2, 0) is 4.74 Å². The van der Waals surface area contributed by atoms with E-state index >= 15 is 0 Å². The Labute approximate surface area is 94.2 Å². The lowest BCUT2D eigenvalue weighted by Crippen LogP contribution is -2.34. The number of unbranched alkanes of at least 4 members (excludes halogenated alkanes) is 1. The summed E-state index contributed by atoms with van der Waals surface area (Å²) in [6.07, 6.45) is 7.74. The van der Waals surface area contributed by atoms with Crippen LogP contribution in [0.4, 0.5) is 0 Å². The summed E-state index contributed by atoms with van der Waals surface area (Å²) in [6, 6.07) is 0.732. The van der Waals surface area contributed by atoms with Gasteiger partial charge in [-0.05, 0) is 32.2 Å². The zero-order chi connectivity index (χ0) is 9.36. The second kappa shape index (κ2) is 9.75. The molecule has 2 nitrogen and oxygen atoms in total. The van der Waals surface area contributed by atoms with Gasteiger partial charge in [-0.1, -0.05) is 19.8 Å². The van der Waals surface area contributed by atoms with Gasteiger partial charge in [0.1, 0.15) is 0 Å². The molecule has 1 fully saturated rings. The van der Waals surface area contributed by atoms with Gasteiger partial charge in [-0.3, -0.25) is 0 Å². The molecule has 0 bridgehead atoms. The molecule has 0 aliphatic carbocycles. The largest absolute Gasteiger partial charge is 0.381 e. The molecule has 14 heavy (non-hydrogen) atoms. The molecular weight excluding hydrogens is 198 g/mol. The van der Waals surface area contributed by atoms with E-state index < -0.39 is 0 Å². The molecule has 1 aliphatic rings. The van der Waals surface area contributed by atoms with Gasteiger partial charge in [0, 0.05) is 19.3 Å². The van der Waals surface area contributed by atoms with Gasteiger partial charge in [0.15, 0.2) is 0 Å². The van der Waals surface area contributed by atoms with Crippen molar-refractivity contribution in [3.8, 4) is 0 Å². The number of hydrogen-bond acceptors (Lipinski definition) is 2. The average Bonchev–Trinajstić information content (AvgIpc) is 2.19. The number of piperidine rings is 1. The topological polar surface area (TPSA) is 21.3 Å². The summed E-state index contributed by atoms with van der Waals surface area (Å²) in [5, 5.41) is 3.53. The molecule has 0 aromatic carbocycles. The molecule has 1 N–H and O–H groups in total. The first-order chi connectivity index (χ1) is 6.43. The molecule has 1 atom stereocenters. The van der Waals surface area contributed by atoms with Crippen LogP contribution in [0.5, 0.6) is 0 Å². The number of ether oxygens (including phenoxy) is 1. The normalized spacial score (nSPS) is 21.6. The maximum Gasteiger partial charge on any atom is 0.0480 e. The van der Waals surface area contributed by atoms with E-state index in [-0.39, 0.29) is 12.4 Å². The van der Waals surface area contributed by atoms with Gasteiger partial charge in [-0.25, -0.2) is 0 Å². The predicted molar refractivity (Wildman–Crippen MR) is 63.2 cm³/mol. The molecule has 1 aliphatic heterocycles. The minimum Gasteiger partial charge on any atom is -0.381 e. The van der Waals surface area contributed by atoms with Gasteiger partial charge >= 0.3 is 0 Å². The monoisotopic (exact) mass is 221 g/mol. The number of halogens is 1. The summed E-state index contributed by atoms with van der Waals surface area (Å²) in [6.45, 7) is 5.30. The van der Waals surface area contributed by atoms with Crippen LogP contribution >= 0.6 is 12.4 Å². The van der Waals surface area contributed by atoms with Gasteiger partial charge in [-0.2, -0.15) is 0 Å². The number of rotatable bonds is 6. The fraction of sp³-hybridized carbons (Fsp3) is 1.00. The van der Waals surface area contributed by atoms with E-state index in [0.717, 1.165) is 19.3 Å². The highest BCUT2D eigenvalue weighted by atomic mass is 35.5. The van der Waals surface area contributed by atoms with Gasteiger partial charge in [0.25, 0.3) is 0 Å². The zero-order valence-corrected chi connectivity index (χ0v) is 10.1. The van der Waals surface area contributed by atoms with Gasteiger partial charge in [0.05, 0.1) is 0 Å². The third-order valence-electron chi connectivity index (χ3n) is 2.67. The maximum atomic E-state index is 5.54. The maximum absolute atomic E-state index is 5.54. The Morgan fingerprint density at radius 3 is 2.79 bits per heavy atom. The van der Waals surface area contributed by atoms with Crippen LogP contribution in [0.2, 0.25) is 0 Å². The zero-order valence-electron chi connectivity index (χ0n) is 9.26. The second-order valence-corrected chi connectivity index (χ2v) is 3.90. The first-order valence-corrected chi connectivity index (χ1v) is 5.74. The Hall–Kier alpha value is 0.210. The molecule has 0 aromatic heterocycles. The van der Waals surface area contributed by atoms with E-state index in [9.17, 15) is 0 Å². The number of nitrogens with one attached hydrogen (secondary N) is 1. The molecule has 0 saturated carbocycles. The predicted octanol–water partition coefficient (Wildman–Crippen LogP) is 2.76. The van der Waals surface area contributed by atoms with E-state index in [2.05, 4.69) is 12.2 Å². The Morgan fingerprint density at radius 1 is 1.29 bits per heavy atom. The summed E-state index contributed by atoms with van der Waals surface area (Å²) < 4.78 is 5.54. The highest BCUT2D eigenvalue weighted by molar-refractivity contribution is 5.85. The average molecular weight is 222 g/mol. The van der Waals surface area contributed by atoms with Gasteiger partial charge < -0.3 is 10.1 Å². The van der Waals surface area contributed by atoms with E-state index in [1.54, 1.807) is 0 Å². The minimum atomic E-state index is 0. The smallest absolute Gasteiger partial charge is 0.0480 e. The van der Waals surface area contributed by atoms with E-state index in [1.807, 2.05) is 0 Å². The van der Waals surface area contributed by atoms with Crippen LogP contribution in [-0.4, -0.2) is 25.8 Å². The lowest BCUT2D eigenvalue weighted by molar-refractivity contribution is 0.118. The Morgan fingerprint density at radius 2 is 2.14 bits per heavy atom. The molecule has 1 saturated heterocycles. The first kappa shape index (κ1) is 14.2. The van der Waals surface area contributed by atoms with Crippen molar-refractivity contribution in [2.45, 2.75) is 51.5 Å². The fourth-order valence-electron chi connectivity index (χ4n) is 1.74. The highest BCUT2D eigenvalue weighted by Gasteiger charge is 2.11. The van der Waals surface area contributed by atoms with Gasteiger partial charge in [0.2, 0.25) is 0 Å². The highest BCUT2D eigenvalue weighted by Crippen LogP contribution is 2.09. The van der Waals surface area contributed by atoms with E-state index in [0.29, 0.717) is 0 Å². The van der Waals surface area contributed by atoms with E-state index in [4.69, 9.17) is 4.74 Å². The molecule has 0 amide bonds. The molecule has 0 spiro atoms. The molecule has 0 radical (unpaired) electrons. The summed E-state index contributed by atoms with van der Waals surface area (Å²) in [4.78, 5) is 0. The summed E-state index contributed by atoms with van der Waals surface area (Å²) in [5.74, 6) is 0. The van der Waals surface area contributed by atoms with Crippen molar-refractivity contribution in [2.24, 2.45) is 0 Å². The van der Waals surface area contributed by atoms with Crippen molar-refractivity contribution < 1.29 is 4.74 Å². The SMILES string of the molecule is CCCCOCCC1CCCCN1.Cl. The van der Waals surface area contributed by atoms with Crippen molar-refractivity contribution in [2.75, 3.05) is 19.8 Å². The molecule has 1 unspecified atom stereocenters. The second-order valence-electron chi connectivity index (χ2n) is 3.90. The lowest BCUT2D eigenvalue weighted by Gasteiger charge is -2.23. The number of hydrogen-bond donors (Lipinski definition) is 1. The van der Waals surface area contributed by atoms with Gasteiger partial charge in [-0.15, -0.1) is 12.4 Å². The van der Waals surface area contributed by atoms with Crippen molar-refractivity contribution in [3.05, 3.63) is 0 Å². The van der Waals surface area contributed by atoms with Crippen molar-refractivity contribution in [1.29, 1.82) is 0 Å². The van der Waals surface area contributed by atoms with Crippen LogP contribution in [0.15, 0.2) is 0 Å². The lowest BCUT2D eigenvalue weighted by atomic mass is 10.0. The third-order valence-corrected chi connectivity index (χ3v) is 2.67. The molecule has 1 heterocycles. The van der Waals surface area contributed by atoms with Crippen molar-refractivity contribution in [1.82, 2.24) is 5.32 Å². The standard InChI is InChI=1S/C11H23NO.ClH/c1-2-3-9-13-10-7-11-6-4-5-8-12-11;/h11-12H,2-10H2,1H3;1H. The molecular formula is C11H24ClNO. The Balaban J connectivity index is 0.00000169. The summed E-state index contributed by atoms with van der Waals surface area (Å²) >= 11 is 0. The summed E-state index contributed by atoms with van der Waals surface area (Å²) in [5.41, 5.74) is 0. The first-order valence-electron chi connectivity index (χ1n) is 5.74. The van der Waals surface area contributed by atoms with Crippen molar-refractivity contribution in [3.63, 3.8) is 0 Å². The van der Waals surface area contributed by atoms with Crippen molar-refractivity contribution >= 4 is 12.4 Å². The third kappa shape index (κ3) is 6.63.